The molecule has 0 saturated carbocycles. The SMILES string of the molecule is CCOC(=O)N1CCN(C(=O)COC(=O)c2ccc(S(C)(=O)=O)cc2)CC1. The van der Waals surface area contributed by atoms with E-state index in [1.807, 2.05) is 0 Å². The maximum atomic E-state index is 12.2. The molecule has 1 aromatic rings. The molecule has 0 aromatic heterocycles. The number of hydrogen-bond donors (Lipinski definition) is 0. The van der Waals surface area contributed by atoms with Crippen molar-refractivity contribution in [1.82, 2.24) is 9.80 Å². The first-order valence-electron chi connectivity index (χ1n) is 8.39. The van der Waals surface area contributed by atoms with Crippen LogP contribution in [-0.4, -0.2) is 81.8 Å². The summed E-state index contributed by atoms with van der Waals surface area (Å²) in [5.74, 6) is -1.08. The monoisotopic (exact) mass is 398 g/mol. The molecule has 27 heavy (non-hydrogen) atoms. The molecule has 0 unspecified atom stereocenters. The van der Waals surface area contributed by atoms with Gasteiger partial charge in [-0.25, -0.2) is 18.0 Å². The van der Waals surface area contributed by atoms with E-state index in [1.54, 1.807) is 6.92 Å². The van der Waals surface area contributed by atoms with Crippen LogP contribution in [0.2, 0.25) is 0 Å². The van der Waals surface area contributed by atoms with Gasteiger partial charge < -0.3 is 19.3 Å². The fraction of sp³-hybridized carbons (Fsp3) is 0.471. The molecule has 1 saturated heterocycles. The molecular weight excluding hydrogens is 376 g/mol. The molecule has 1 fully saturated rings. The normalized spacial score (nSPS) is 14.6. The summed E-state index contributed by atoms with van der Waals surface area (Å²) in [5.41, 5.74) is 0.155. The summed E-state index contributed by atoms with van der Waals surface area (Å²) in [7, 11) is -3.35. The molecule has 1 aromatic carbocycles. The van der Waals surface area contributed by atoms with Crippen molar-refractivity contribution in [2.45, 2.75) is 11.8 Å². The minimum atomic E-state index is -3.35. The summed E-state index contributed by atoms with van der Waals surface area (Å²) < 4.78 is 32.7. The lowest BCUT2D eigenvalue weighted by atomic mass is 10.2. The molecule has 9 nitrogen and oxygen atoms in total. The lowest BCUT2D eigenvalue weighted by Crippen LogP contribution is -2.51. The van der Waals surface area contributed by atoms with Gasteiger partial charge in [-0.3, -0.25) is 4.79 Å². The van der Waals surface area contributed by atoms with Crippen LogP contribution in [0.5, 0.6) is 0 Å². The Labute approximate surface area is 157 Å². The van der Waals surface area contributed by atoms with Crippen LogP contribution >= 0.6 is 0 Å². The van der Waals surface area contributed by atoms with Gasteiger partial charge in [-0.15, -0.1) is 0 Å². The fourth-order valence-corrected chi connectivity index (χ4v) is 3.12. The van der Waals surface area contributed by atoms with Gasteiger partial charge >= 0.3 is 12.1 Å². The molecule has 0 bridgehead atoms. The summed E-state index contributed by atoms with van der Waals surface area (Å²) in [6.07, 6.45) is 0.661. The number of nitrogens with zero attached hydrogens (tertiary/aromatic N) is 2. The van der Waals surface area contributed by atoms with E-state index < -0.39 is 28.5 Å². The first-order valence-corrected chi connectivity index (χ1v) is 10.3. The number of amides is 2. The Morgan fingerprint density at radius 3 is 2.04 bits per heavy atom. The number of carbonyl (C=O) groups excluding carboxylic acids is 3. The second-order valence-corrected chi connectivity index (χ2v) is 7.96. The number of benzene rings is 1. The van der Waals surface area contributed by atoms with E-state index in [1.165, 1.54) is 34.1 Å². The van der Waals surface area contributed by atoms with Gasteiger partial charge in [0, 0.05) is 32.4 Å². The number of hydrogen-bond acceptors (Lipinski definition) is 7. The van der Waals surface area contributed by atoms with E-state index in [0.717, 1.165) is 6.26 Å². The first-order chi connectivity index (χ1) is 12.7. The molecule has 0 aliphatic carbocycles. The average Bonchev–Trinajstić information content (AvgIpc) is 2.65. The van der Waals surface area contributed by atoms with Crippen LogP contribution in [0.4, 0.5) is 4.79 Å². The van der Waals surface area contributed by atoms with Crippen molar-refractivity contribution in [3.63, 3.8) is 0 Å². The highest BCUT2D eigenvalue weighted by molar-refractivity contribution is 7.90. The van der Waals surface area contributed by atoms with E-state index in [9.17, 15) is 22.8 Å². The van der Waals surface area contributed by atoms with E-state index in [-0.39, 0.29) is 16.4 Å². The molecule has 148 valence electrons. The predicted molar refractivity (Wildman–Crippen MR) is 95.0 cm³/mol. The van der Waals surface area contributed by atoms with E-state index in [4.69, 9.17) is 9.47 Å². The standard InChI is InChI=1S/C17H22N2O7S/c1-3-25-17(22)19-10-8-18(9-11-19)15(20)12-26-16(21)13-4-6-14(7-5-13)27(2,23)24/h4-7H,3,8-12H2,1-2H3. The van der Waals surface area contributed by atoms with Crippen LogP contribution in [0.1, 0.15) is 17.3 Å². The number of rotatable bonds is 5. The molecule has 0 radical (unpaired) electrons. The molecule has 1 heterocycles. The average molecular weight is 398 g/mol. The number of sulfone groups is 1. The summed E-state index contributed by atoms with van der Waals surface area (Å²) >= 11 is 0. The van der Waals surface area contributed by atoms with Crippen molar-refractivity contribution in [3.8, 4) is 0 Å². The zero-order valence-corrected chi connectivity index (χ0v) is 16.0. The molecule has 0 N–H and O–H groups in total. The van der Waals surface area contributed by atoms with Crippen LogP contribution in [0.25, 0.3) is 0 Å². The Bertz CT molecular complexity index is 797. The minimum absolute atomic E-state index is 0.0922. The third kappa shape index (κ3) is 5.68. The molecule has 2 rings (SSSR count). The van der Waals surface area contributed by atoms with Gasteiger partial charge in [0.2, 0.25) is 0 Å². The minimum Gasteiger partial charge on any atom is -0.452 e. The van der Waals surface area contributed by atoms with Gasteiger partial charge in [-0.1, -0.05) is 0 Å². The highest BCUT2D eigenvalue weighted by Gasteiger charge is 2.25. The Kier molecular flexibility index (Phi) is 6.78. The largest absolute Gasteiger partial charge is 0.452 e. The van der Waals surface area contributed by atoms with Gasteiger partial charge in [-0.05, 0) is 31.2 Å². The second kappa shape index (κ2) is 8.85. The molecule has 10 heteroatoms. The second-order valence-electron chi connectivity index (χ2n) is 5.94. The van der Waals surface area contributed by atoms with Crippen LogP contribution in [-0.2, 0) is 24.1 Å². The van der Waals surface area contributed by atoms with E-state index >= 15 is 0 Å². The smallest absolute Gasteiger partial charge is 0.409 e. The van der Waals surface area contributed by atoms with Gasteiger partial charge in [-0.2, -0.15) is 0 Å². The van der Waals surface area contributed by atoms with E-state index in [0.29, 0.717) is 32.8 Å². The third-order valence-corrected chi connectivity index (χ3v) is 5.13. The summed E-state index contributed by atoms with van der Waals surface area (Å²) in [6.45, 7) is 2.96. The zero-order valence-electron chi connectivity index (χ0n) is 15.2. The third-order valence-electron chi connectivity index (χ3n) is 4.00. The Hall–Kier alpha value is -2.62. The van der Waals surface area contributed by atoms with Crippen molar-refractivity contribution in [3.05, 3.63) is 29.8 Å². The molecule has 1 aliphatic rings. The van der Waals surface area contributed by atoms with Gasteiger partial charge in [0.05, 0.1) is 17.1 Å². The van der Waals surface area contributed by atoms with Crippen molar-refractivity contribution in [2.75, 3.05) is 45.6 Å². The number of ether oxygens (including phenoxy) is 2. The summed E-state index contributed by atoms with van der Waals surface area (Å²) in [5, 5.41) is 0. The Morgan fingerprint density at radius 2 is 1.52 bits per heavy atom. The number of esters is 1. The topological polar surface area (TPSA) is 110 Å². The van der Waals surface area contributed by atoms with Crippen LogP contribution in [0.15, 0.2) is 29.2 Å². The van der Waals surface area contributed by atoms with Crippen molar-refractivity contribution >= 4 is 27.8 Å². The van der Waals surface area contributed by atoms with Crippen LogP contribution in [0.3, 0.4) is 0 Å². The van der Waals surface area contributed by atoms with Crippen LogP contribution < -0.4 is 0 Å². The highest BCUT2D eigenvalue weighted by atomic mass is 32.2. The lowest BCUT2D eigenvalue weighted by Gasteiger charge is -2.33. The quantitative estimate of drug-likeness (QED) is 0.666. The fourth-order valence-electron chi connectivity index (χ4n) is 2.49. The van der Waals surface area contributed by atoms with Crippen LogP contribution in [0, 0.1) is 0 Å². The van der Waals surface area contributed by atoms with Gasteiger partial charge in [0.15, 0.2) is 16.4 Å². The molecule has 0 atom stereocenters. The highest BCUT2D eigenvalue weighted by Crippen LogP contribution is 2.11. The van der Waals surface area contributed by atoms with Crippen molar-refractivity contribution in [1.29, 1.82) is 0 Å². The maximum absolute atomic E-state index is 12.2. The summed E-state index contributed by atoms with van der Waals surface area (Å²) in [6, 6.07) is 5.29. The molecular formula is C17H22N2O7S. The number of carbonyl (C=O) groups is 3. The Morgan fingerprint density at radius 1 is 0.963 bits per heavy atom. The summed E-state index contributed by atoms with van der Waals surface area (Å²) in [4.78, 5) is 38.9. The number of piperazine rings is 1. The zero-order chi connectivity index (χ0) is 20.0. The first kappa shape index (κ1) is 20.7. The Balaban J connectivity index is 1.82. The van der Waals surface area contributed by atoms with Crippen molar-refractivity contribution in [2.24, 2.45) is 0 Å². The lowest BCUT2D eigenvalue weighted by molar-refractivity contribution is -0.136. The van der Waals surface area contributed by atoms with E-state index in [2.05, 4.69) is 0 Å². The molecule has 2 amide bonds. The molecule has 1 aliphatic heterocycles. The van der Waals surface area contributed by atoms with Gasteiger partial charge in [0.1, 0.15) is 0 Å². The predicted octanol–water partition coefficient (Wildman–Crippen LogP) is 0.548. The molecule has 0 spiro atoms. The van der Waals surface area contributed by atoms with Gasteiger partial charge in [0.25, 0.3) is 5.91 Å². The van der Waals surface area contributed by atoms with Crippen molar-refractivity contribution < 1.29 is 32.3 Å². The maximum Gasteiger partial charge on any atom is 0.409 e.